The van der Waals surface area contributed by atoms with Crippen LogP contribution < -0.4 is 4.90 Å². The fourth-order valence-electron chi connectivity index (χ4n) is 4.35. The molecule has 2 aromatic heterocycles. The first-order valence-electron chi connectivity index (χ1n) is 10.6. The highest BCUT2D eigenvalue weighted by Crippen LogP contribution is 2.46. The smallest absolute Gasteiger partial charge is 0.325 e. The first kappa shape index (κ1) is 18.8. The predicted molar refractivity (Wildman–Crippen MR) is 113 cm³/mol. The van der Waals surface area contributed by atoms with E-state index < -0.39 is 5.54 Å². The molecule has 156 valence electrons. The summed E-state index contributed by atoms with van der Waals surface area (Å²) in [5.41, 5.74) is 2.65. The summed E-state index contributed by atoms with van der Waals surface area (Å²) in [7, 11) is 0. The quantitative estimate of drug-likeness (QED) is 0.645. The Bertz CT molecular complexity index is 1110. The van der Waals surface area contributed by atoms with Crippen LogP contribution in [0.15, 0.2) is 35.1 Å². The van der Waals surface area contributed by atoms with Crippen LogP contribution in [0.4, 0.5) is 10.5 Å². The van der Waals surface area contributed by atoms with E-state index in [4.69, 9.17) is 4.52 Å². The lowest BCUT2D eigenvalue weighted by Gasteiger charge is -2.45. The monoisotopic (exact) mass is 406 g/mol. The number of urea groups is 1. The van der Waals surface area contributed by atoms with Crippen molar-refractivity contribution in [3.63, 3.8) is 0 Å². The largest absolute Gasteiger partial charge is 0.339 e. The number of hydrogen-bond acceptors (Lipinski definition) is 5. The van der Waals surface area contributed by atoms with E-state index in [1.807, 2.05) is 66.3 Å². The molecule has 8 nitrogen and oxygen atoms in total. The van der Waals surface area contributed by atoms with Crippen molar-refractivity contribution in [2.45, 2.75) is 52.0 Å². The summed E-state index contributed by atoms with van der Waals surface area (Å²) in [6.07, 6.45) is 3.97. The maximum atomic E-state index is 13.6. The number of carbonyl (C=O) groups is 1. The molecule has 0 unspecified atom stereocenters. The predicted octanol–water partition coefficient (Wildman–Crippen LogP) is 4.32. The number of amides is 2. The lowest BCUT2D eigenvalue weighted by atomic mass is 9.91. The Hall–Kier alpha value is -3.16. The highest BCUT2D eigenvalue weighted by molar-refractivity contribution is 5.97. The molecule has 0 radical (unpaired) electrons. The Morgan fingerprint density at radius 2 is 1.90 bits per heavy atom. The molecule has 3 heterocycles. The van der Waals surface area contributed by atoms with E-state index in [0.717, 1.165) is 29.9 Å². The zero-order valence-electron chi connectivity index (χ0n) is 17.8. The van der Waals surface area contributed by atoms with Gasteiger partial charge in [0.2, 0.25) is 11.7 Å². The Balaban J connectivity index is 1.69. The fourth-order valence-corrected chi connectivity index (χ4v) is 4.35. The van der Waals surface area contributed by atoms with Gasteiger partial charge in [-0.1, -0.05) is 17.3 Å². The second-order valence-electron chi connectivity index (χ2n) is 8.38. The molecule has 1 aliphatic carbocycles. The van der Waals surface area contributed by atoms with Gasteiger partial charge in [-0.25, -0.2) is 9.78 Å². The molecule has 0 N–H and O–H groups in total. The van der Waals surface area contributed by atoms with E-state index in [1.165, 1.54) is 0 Å². The maximum absolute atomic E-state index is 13.6. The van der Waals surface area contributed by atoms with Gasteiger partial charge >= 0.3 is 6.03 Å². The van der Waals surface area contributed by atoms with E-state index in [1.54, 1.807) is 6.33 Å². The lowest BCUT2D eigenvalue weighted by molar-refractivity contribution is 0.202. The summed E-state index contributed by atoms with van der Waals surface area (Å²) < 4.78 is 7.53. The number of anilines is 1. The van der Waals surface area contributed by atoms with Gasteiger partial charge in [-0.05, 0) is 52.7 Å². The Morgan fingerprint density at radius 1 is 1.20 bits per heavy atom. The number of nitrogens with zero attached hydrogens (tertiary/aromatic N) is 6. The van der Waals surface area contributed by atoms with Crippen molar-refractivity contribution in [3.8, 4) is 17.2 Å². The maximum Gasteiger partial charge on any atom is 0.325 e. The molecule has 5 rings (SSSR count). The van der Waals surface area contributed by atoms with Crippen molar-refractivity contribution in [1.82, 2.24) is 24.6 Å². The van der Waals surface area contributed by atoms with Crippen LogP contribution >= 0.6 is 0 Å². The number of carbonyl (C=O) groups excluding carboxylic acids is 1. The van der Waals surface area contributed by atoms with Gasteiger partial charge < -0.3 is 9.42 Å². The highest BCUT2D eigenvalue weighted by atomic mass is 16.5. The number of fused-ring (bicyclic) bond motifs is 3. The number of imidazole rings is 1. The van der Waals surface area contributed by atoms with Crippen molar-refractivity contribution in [2.24, 2.45) is 0 Å². The molecule has 30 heavy (non-hydrogen) atoms. The zero-order valence-corrected chi connectivity index (χ0v) is 17.8. The minimum atomic E-state index is -0.666. The topological polar surface area (TPSA) is 80.3 Å². The van der Waals surface area contributed by atoms with E-state index in [-0.39, 0.29) is 6.03 Å². The van der Waals surface area contributed by atoms with Gasteiger partial charge in [0.15, 0.2) is 0 Å². The summed E-state index contributed by atoms with van der Waals surface area (Å²) in [6, 6.07) is 7.90. The Morgan fingerprint density at radius 3 is 2.57 bits per heavy atom. The Labute approximate surface area is 175 Å². The third-order valence-electron chi connectivity index (χ3n) is 6.09. The van der Waals surface area contributed by atoms with Crippen molar-refractivity contribution in [2.75, 3.05) is 18.0 Å². The van der Waals surface area contributed by atoms with Gasteiger partial charge in [-0.2, -0.15) is 4.98 Å². The minimum Gasteiger partial charge on any atom is -0.339 e. The first-order valence-corrected chi connectivity index (χ1v) is 10.6. The van der Waals surface area contributed by atoms with Crippen LogP contribution in [0.5, 0.6) is 0 Å². The molecule has 2 amide bonds. The van der Waals surface area contributed by atoms with Gasteiger partial charge in [-0.3, -0.25) is 9.47 Å². The van der Waals surface area contributed by atoms with Crippen LogP contribution in [0.1, 0.15) is 58.0 Å². The number of benzene rings is 1. The molecule has 1 aliphatic heterocycles. The molecule has 3 aromatic rings. The zero-order chi connectivity index (χ0) is 21.0. The average molecular weight is 406 g/mol. The van der Waals surface area contributed by atoms with Crippen LogP contribution in [0.3, 0.4) is 0 Å². The van der Waals surface area contributed by atoms with Crippen LogP contribution in [-0.2, 0) is 5.54 Å². The van der Waals surface area contributed by atoms with E-state index >= 15 is 0 Å². The molecular formula is C22H26N6O2. The van der Waals surface area contributed by atoms with Gasteiger partial charge in [0, 0.05) is 19.0 Å². The van der Waals surface area contributed by atoms with Crippen LogP contribution in [0, 0.1) is 0 Å². The van der Waals surface area contributed by atoms with Crippen LogP contribution in [0.2, 0.25) is 0 Å². The summed E-state index contributed by atoms with van der Waals surface area (Å²) >= 11 is 0. The second-order valence-corrected chi connectivity index (χ2v) is 8.38. The molecule has 1 saturated carbocycles. The summed E-state index contributed by atoms with van der Waals surface area (Å²) in [5, 5.41) is 4.21. The van der Waals surface area contributed by atoms with Crippen LogP contribution in [0.25, 0.3) is 17.2 Å². The molecule has 1 aromatic carbocycles. The number of rotatable bonds is 4. The first-order chi connectivity index (χ1) is 14.5. The summed E-state index contributed by atoms with van der Waals surface area (Å²) in [4.78, 5) is 26.6. The number of hydrogen-bond donors (Lipinski definition) is 0. The molecule has 1 fully saturated rings. The number of para-hydroxylation sites is 2. The van der Waals surface area contributed by atoms with E-state index in [9.17, 15) is 4.79 Å². The molecule has 0 saturated heterocycles. The SMILES string of the molecule is CCN(CC)C(=O)N1c2ccccc2-n2cnc(-c3noc(C4CC4)n3)c2C1(C)C. The fraction of sp³-hybridized carbons (Fsp3) is 0.455. The second kappa shape index (κ2) is 6.68. The van der Waals surface area contributed by atoms with Crippen molar-refractivity contribution < 1.29 is 9.32 Å². The van der Waals surface area contributed by atoms with E-state index in [0.29, 0.717) is 36.4 Å². The third-order valence-corrected chi connectivity index (χ3v) is 6.09. The molecule has 0 bridgehead atoms. The van der Waals surface area contributed by atoms with Gasteiger partial charge in [0.05, 0.1) is 22.6 Å². The van der Waals surface area contributed by atoms with Crippen molar-refractivity contribution >= 4 is 11.7 Å². The molecule has 0 spiro atoms. The van der Waals surface area contributed by atoms with E-state index in [2.05, 4.69) is 15.1 Å². The average Bonchev–Trinajstić information content (AvgIpc) is 3.28. The molecule has 0 atom stereocenters. The normalized spacial score (nSPS) is 16.9. The summed E-state index contributed by atoms with van der Waals surface area (Å²) in [5.74, 6) is 1.53. The summed E-state index contributed by atoms with van der Waals surface area (Å²) in [6.45, 7) is 9.38. The van der Waals surface area contributed by atoms with Crippen molar-refractivity contribution in [1.29, 1.82) is 0 Å². The van der Waals surface area contributed by atoms with Crippen molar-refractivity contribution in [3.05, 3.63) is 42.2 Å². The molecule has 8 heteroatoms. The molecule has 2 aliphatic rings. The molecular weight excluding hydrogens is 380 g/mol. The van der Waals surface area contributed by atoms with Gasteiger partial charge in [0.1, 0.15) is 12.0 Å². The third kappa shape index (κ3) is 2.66. The lowest BCUT2D eigenvalue weighted by Crippen LogP contribution is -2.54. The standard InChI is InChI=1S/C22H26N6O2/c1-5-26(6-2)21(29)28-16-10-8-7-9-15(16)27-13-23-17(18(27)22(28,3)4)19-24-20(30-25-19)14-11-12-14/h7-10,13-14H,5-6,11-12H2,1-4H3. The van der Waals surface area contributed by atoms with Crippen LogP contribution in [-0.4, -0.2) is 43.7 Å². The highest BCUT2D eigenvalue weighted by Gasteiger charge is 2.45. The number of aromatic nitrogens is 4. The Kier molecular flexibility index (Phi) is 4.20. The minimum absolute atomic E-state index is 0.0253. The van der Waals surface area contributed by atoms with Gasteiger partial charge in [0.25, 0.3) is 0 Å². The van der Waals surface area contributed by atoms with Gasteiger partial charge in [-0.15, -0.1) is 0 Å².